The van der Waals surface area contributed by atoms with Gasteiger partial charge in [0, 0.05) is 13.2 Å². The molecule has 0 atom stereocenters. The van der Waals surface area contributed by atoms with Crippen LogP contribution in [0.4, 0.5) is 5.69 Å². The van der Waals surface area contributed by atoms with E-state index < -0.39 is 5.56 Å². The quantitative estimate of drug-likeness (QED) is 0.801. The molecular weight excluding hydrogens is 218 g/mol. The summed E-state index contributed by atoms with van der Waals surface area (Å²) in [5.74, 6) is 0. The summed E-state index contributed by atoms with van der Waals surface area (Å²) in [5.41, 5.74) is 5.69. The lowest BCUT2D eigenvalue weighted by Crippen LogP contribution is -2.39. The van der Waals surface area contributed by atoms with Gasteiger partial charge < -0.3 is 10.3 Å². The molecule has 2 N–H and O–H groups in total. The number of hydrogen-bond acceptors (Lipinski definition) is 3. The SMILES string of the molecule is Cn1cc(N)c(=O)n(Cc2ccccc2)c1=O. The average molecular weight is 231 g/mol. The lowest BCUT2D eigenvalue weighted by molar-refractivity contribution is 0.643. The number of hydrogen-bond donors (Lipinski definition) is 1. The molecule has 17 heavy (non-hydrogen) atoms. The number of benzene rings is 1. The van der Waals surface area contributed by atoms with Crippen molar-refractivity contribution in [3.05, 3.63) is 62.9 Å². The van der Waals surface area contributed by atoms with Gasteiger partial charge in [-0.2, -0.15) is 0 Å². The number of anilines is 1. The highest BCUT2D eigenvalue weighted by molar-refractivity contribution is 5.31. The maximum absolute atomic E-state index is 11.8. The molecule has 1 aromatic heterocycles. The van der Waals surface area contributed by atoms with E-state index in [-0.39, 0.29) is 17.9 Å². The van der Waals surface area contributed by atoms with E-state index in [1.54, 1.807) is 7.05 Å². The standard InChI is InChI=1S/C12H13N3O2/c1-14-8-10(13)11(16)15(12(14)17)7-9-5-3-2-4-6-9/h2-6,8H,7,13H2,1H3. The number of nitrogens with two attached hydrogens (primary N) is 1. The molecule has 0 amide bonds. The second-order valence-corrected chi connectivity index (χ2v) is 3.85. The summed E-state index contributed by atoms with van der Waals surface area (Å²) in [4.78, 5) is 23.6. The predicted octanol–water partition coefficient (Wildman–Crippen LogP) is 0.177. The minimum absolute atomic E-state index is 0.0723. The zero-order valence-corrected chi connectivity index (χ0v) is 9.46. The Labute approximate surface area is 97.7 Å². The first-order valence-corrected chi connectivity index (χ1v) is 5.19. The maximum atomic E-state index is 11.8. The highest BCUT2D eigenvalue weighted by atomic mass is 16.2. The Hall–Kier alpha value is -2.30. The number of aryl methyl sites for hydroxylation is 1. The van der Waals surface area contributed by atoms with E-state index in [0.717, 1.165) is 10.1 Å². The fourth-order valence-corrected chi connectivity index (χ4v) is 1.66. The third-order valence-electron chi connectivity index (χ3n) is 2.54. The topological polar surface area (TPSA) is 70.0 Å². The van der Waals surface area contributed by atoms with Gasteiger partial charge in [-0.25, -0.2) is 4.79 Å². The van der Waals surface area contributed by atoms with Crippen molar-refractivity contribution in [2.75, 3.05) is 5.73 Å². The largest absolute Gasteiger partial charge is 0.393 e. The van der Waals surface area contributed by atoms with Crippen LogP contribution in [-0.4, -0.2) is 9.13 Å². The lowest BCUT2D eigenvalue weighted by atomic mass is 10.2. The van der Waals surface area contributed by atoms with Gasteiger partial charge in [0.25, 0.3) is 5.56 Å². The lowest BCUT2D eigenvalue weighted by Gasteiger charge is -2.08. The van der Waals surface area contributed by atoms with E-state index in [4.69, 9.17) is 5.73 Å². The summed E-state index contributed by atoms with van der Waals surface area (Å²) in [5, 5.41) is 0. The second kappa shape index (κ2) is 4.29. The Bertz CT molecular complexity index is 607. The van der Waals surface area contributed by atoms with E-state index in [2.05, 4.69) is 0 Å². The van der Waals surface area contributed by atoms with Crippen LogP contribution in [0, 0.1) is 0 Å². The Morgan fingerprint density at radius 1 is 1.18 bits per heavy atom. The van der Waals surface area contributed by atoms with Gasteiger partial charge in [0.05, 0.1) is 6.54 Å². The predicted molar refractivity (Wildman–Crippen MR) is 65.9 cm³/mol. The smallest absolute Gasteiger partial charge is 0.331 e. The van der Waals surface area contributed by atoms with Crippen LogP contribution in [0.5, 0.6) is 0 Å². The molecule has 0 saturated carbocycles. The summed E-state index contributed by atoms with van der Waals surface area (Å²) in [6.45, 7) is 0.234. The zero-order valence-electron chi connectivity index (χ0n) is 9.46. The van der Waals surface area contributed by atoms with E-state index >= 15 is 0 Å². The van der Waals surface area contributed by atoms with Gasteiger partial charge in [-0.1, -0.05) is 30.3 Å². The molecular formula is C12H13N3O2. The number of nitrogen functional groups attached to an aromatic ring is 1. The Morgan fingerprint density at radius 2 is 1.82 bits per heavy atom. The van der Waals surface area contributed by atoms with Crippen molar-refractivity contribution in [3.63, 3.8) is 0 Å². The van der Waals surface area contributed by atoms with E-state index in [0.29, 0.717) is 0 Å². The molecule has 2 aromatic rings. The van der Waals surface area contributed by atoms with Gasteiger partial charge in [0.15, 0.2) is 0 Å². The molecule has 1 heterocycles. The third kappa shape index (κ3) is 2.13. The zero-order chi connectivity index (χ0) is 12.4. The van der Waals surface area contributed by atoms with Crippen molar-refractivity contribution in [1.82, 2.24) is 9.13 Å². The number of nitrogens with zero attached hydrogens (tertiary/aromatic N) is 2. The molecule has 0 aliphatic heterocycles. The van der Waals surface area contributed by atoms with Crippen LogP contribution in [0.2, 0.25) is 0 Å². The second-order valence-electron chi connectivity index (χ2n) is 3.85. The van der Waals surface area contributed by atoms with Crippen LogP contribution in [-0.2, 0) is 13.6 Å². The molecule has 5 heteroatoms. The molecule has 0 aliphatic rings. The van der Waals surface area contributed by atoms with Crippen molar-refractivity contribution in [3.8, 4) is 0 Å². The van der Waals surface area contributed by atoms with Crippen LogP contribution in [0.15, 0.2) is 46.1 Å². The summed E-state index contributed by atoms with van der Waals surface area (Å²) in [6.07, 6.45) is 1.34. The minimum atomic E-state index is -0.447. The van der Waals surface area contributed by atoms with Crippen molar-refractivity contribution in [2.24, 2.45) is 7.05 Å². The molecule has 0 fully saturated rings. The molecule has 0 bridgehead atoms. The van der Waals surface area contributed by atoms with Gasteiger partial charge >= 0.3 is 5.69 Å². The van der Waals surface area contributed by atoms with Crippen molar-refractivity contribution in [1.29, 1.82) is 0 Å². The molecule has 5 nitrogen and oxygen atoms in total. The summed E-state index contributed by atoms with van der Waals surface area (Å²) < 4.78 is 2.43. The van der Waals surface area contributed by atoms with Crippen LogP contribution in [0.1, 0.15) is 5.56 Å². The monoisotopic (exact) mass is 231 g/mol. The van der Waals surface area contributed by atoms with Crippen LogP contribution < -0.4 is 17.0 Å². The number of aromatic nitrogens is 2. The first-order chi connectivity index (χ1) is 8.09. The van der Waals surface area contributed by atoms with Gasteiger partial charge in [0.1, 0.15) is 5.69 Å². The molecule has 0 unspecified atom stereocenters. The first-order valence-electron chi connectivity index (χ1n) is 5.19. The molecule has 0 saturated heterocycles. The summed E-state index contributed by atoms with van der Waals surface area (Å²) >= 11 is 0. The van der Waals surface area contributed by atoms with E-state index in [1.165, 1.54) is 10.8 Å². The normalized spacial score (nSPS) is 10.4. The number of rotatable bonds is 2. The van der Waals surface area contributed by atoms with Crippen LogP contribution in [0.25, 0.3) is 0 Å². The average Bonchev–Trinajstić information content (AvgIpc) is 2.33. The van der Waals surface area contributed by atoms with Crippen molar-refractivity contribution in [2.45, 2.75) is 6.54 Å². The molecule has 0 spiro atoms. The van der Waals surface area contributed by atoms with Crippen molar-refractivity contribution >= 4 is 5.69 Å². The van der Waals surface area contributed by atoms with Gasteiger partial charge in [-0.15, -0.1) is 0 Å². The van der Waals surface area contributed by atoms with Gasteiger partial charge in [-0.05, 0) is 5.56 Å². The van der Waals surface area contributed by atoms with E-state index in [9.17, 15) is 9.59 Å². The Kier molecular flexibility index (Phi) is 2.82. The summed E-state index contributed by atoms with van der Waals surface area (Å²) in [6, 6.07) is 9.31. The van der Waals surface area contributed by atoms with Crippen LogP contribution in [0.3, 0.4) is 0 Å². The fourth-order valence-electron chi connectivity index (χ4n) is 1.66. The van der Waals surface area contributed by atoms with E-state index in [1.807, 2.05) is 30.3 Å². The Balaban J connectivity index is 2.54. The molecule has 0 radical (unpaired) electrons. The third-order valence-corrected chi connectivity index (χ3v) is 2.54. The molecule has 2 rings (SSSR count). The molecule has 1 aromatic carbocycles. The van der Waals surface area contributed by atoms with Gasteiger partial charge in [-0.3, -0.25) is 9.36 Å². The minimum Gasteiger partial charge on any atom is -0.393 e. The Morgan fingerprint density at radius 3 is 2.47 bits per heavy atom. The fraction of sp³-hybridized carbons (Fsp3) is 0.167. The first kappa shape index (κ1) is 11.2. The van der Waals surface area contributed by atoms with Gasteiger partial charge in [0.2, 0.25) is 0 Å². The van der Waals surface area contributed by atoms with Crippen LogP contribution >= 0.6 is 0 Å². The highest BCUT2D eigenvalue weighted by Gasteiger charge is 2.07. The highest BCUT2D eigenvalue weighted by Crippen LogP contribution is 1.99. The molecule has 88 valence electrons. The summed E-state index contributed by atoms with van der Waals surface area (Å²) in [7, 11) is 1.57. The molecule has 0 aliphatic carbocycles. The maximum Gasteiger partial charge on any atom is 0.331 e. The van der Waals surface area contributed by atoms with Crippen molar-refractivity contribution < 1.29 is 0 Å².